The van der Waals surface area contributed by atoms with Crippen molar-refractivity contribution in [3.8, 4) is 0 Å². The summed E-state index contributed by atoms with van der Waals surface area (Å²) < 4.78 is 0. The Bertz CT molecular complexity index is 589. The quantitative estimate of drug-likeness (QED) is 0.523. The molecule has 0 aromatic carbocycles. The van der Waals surface area contributed by atoms with Crippen LogP contribution in [0.15, 0.2) is 16.6 Å². The van der Waals surface area contributed by atoms with E-state index in [1.165, 1.54) is 5.57 Å². The number of alkyl halides is 1. The zero-order valence-corrected chi connectivity index (χ0v) is 18.1. The average molecular weight is 410 g/mol. The van der Waals surface area contributed by atoms with Crippen LogP contribution in [0, 0.1) is 11.8 Å². The molecule has 1 amide bonds. The molecule has 0 aromatic heterocycles. The van der Waals surface area contributed by atoms with Crippen LogP contribution in [0.3, 0.4) is 0 Å². The Morgan fingerprint density at radius 2 is 2.00 bits per heavy atom. The number of aliphatic hydroxyl groups is 1. The summed E-state index contributed by atoms with van der Waals surface area (Å²) in [7, 11) is 0. The first-order chi connectivity index (χ1) is 13.4. The first-order valence-corrected chi connectivity index (χ1v) is 11.4. The predicted octanol–water partition coefficient (Wildman–Crippen LogP) is 3.15. The molecular formula is C22H36ClN3O2. The molecule has 1 saturated carbocycles. The predicted molar refractivity (Wildman–Crippen MR) is 115 cm³/mol. The van der Waals surface area contributed by atoms with Crippen molar-refractivity contribution in [2.24, 2.45) is 16.8 Å². The number of nitrogens with zero attached hydrogens (tertiary/aromatic N) is 2. The topological polar surface area (TPSA) is 64.9 Å². The number of rotatable bonds is 6. The molecule has 0 aromatic rings. The lowest BCUT2D eigenvalue weighted by molar-refractivity contribution is -0.141. The molecule has 1 saturated heterocycles. The van der Waals surface area contributed by atoms with Crippen LogP contribution in [-0.2, 0) is 4.79 Å². The number of carbonyl (C=O) groups is 1. The number of halogens is 1. The molecule has 158 valence electrons. The smallest absolute Gasteiger partial charge is 0.239 e. The van der Waals surface area contributed by atoms with Crippen molar-refractivity contribution in [3.05, 3.63) is 11.6 Å². The van der Waals surface area contributed by atoms with Gasteiger partial charge in [-0.1, -0.05) is 19.9 Å². The fourth-order valence-electron chi connectivity index (χ4n) is 4.83. The molecule has 3 aliphatic rings. The lowest BCUT2D eigenvalue weighted by Gasteiger charge is -2.45. The van der Waals surface area contributed by atoms with E-state index in [2.05, 4.69) is 30.2 Å². The number of likely N-dealkylation sites (tertiary alicyclic amines) is 1. The van der Waals surface area contributed by atoms with Crippen molar-refractivity contribution in [1.29, 1.82) is 0 Å². The second kappa shape index (κ2) is 9.73. The fourth-order valence-corrected chi connectivity index (χ4v) is 5.08. The Labute approximate surface area is 174 Å². The molecule has 1 aliphatic carbocycles. The highest BCUT2D eigenvalue weighted by Gasteiger charge is 2.42. The molecule has 2 aliphatic heterocycles. The first-order valence-electron chi connectivity index (χ1n) is 10.9. The van der Waals surface area contributed by atoms with Crippen molar-refractivity contribution in [1.82, 2.24) is 10.2 Å². The molecule has 3 rings (SSSR count). The molecule has 6 heteroatoms. The van der Waals surface area contributed by atoms with Crippen LogP contribution in [0.1, 0.15) is 58.8 Å². The number of allylic oxidation sites excluding steroid dienone is 1. The summed E-state index contributed by atoms with van der Waals surface area (Å²) in [6.07, 6.45) is 10.4. The summed E-state index contributed by atoms with van der Waals surface area (Å²) in [5.41, 5.74) is 0.628. The second-order valence-corrected chi connectivity index (χ2v) is 9.72. The summed E-state index contributed by atoms with van der Waals surface area (Å²) in [6.45, 7) is 6.92. The molecule has 2 fully saturated rings. The van der Waals surface area contributed by atoms with Gasteiger partial charge in [-0.2, -0.15) is 0 Å². The van der Waals surface area contributed by atoms with Gasteiger partial charge in [0.2, 0.25) is 5.91 Å². The minimum atomic E-state index is -0.626. The summed E-state index contributed by atoms with van der Waals surface area (Å²) in [6, 6.07) is -0.190. The number of hydrogen-bond donors (Lipinski definition) is 2. The van der Waals surface area contributed by atoms with E-state index >= 15 is 0 Å². The highest BCUT2D eigenvalue weighted by molar-refractivity contribution is 6.20. The third-order valence-electron chi connectivity index (χ3n) is 6.77. The molecule has 0 radical (unpaired) electrons. The second-order valence-electron chi connectivity index (χ2n) is 9.10. The van der Waals surface area contributed by atoms with E-state index in [1.807, 2.05) is 11.1 Å². The van der Waals surface area contributed by atoms with Gasteiger partial charge >= 0.3 is 0 Å². The van der Waals surface area contributed by atoms with Crippen LogP contribution in [0.2, 0.25) is 0 Å². The van der Waals surface area contributed by atoms with Crippen molar-refractivity contribution in [2.75, 3.05) is 26.2 Å². The van der Waals surface area contributed by atoms with Crippen molar-refractivity contribution < 1.29 is 9.90 Å². The van der Waals surface area contributed by atoms with E-state index in [0.29, 0.717) is 38.4 Å². The zero-order valence-electron chi connectivity index (χ0n) is 17.4. The summed E-state index contributed by atoms with van der Waals surface area (Å²) in [5, 5.41) is 14.9. The van der Waals surface area contributed by atoms with E-state index in [-0.39, 0.29) is 23.2 Å². The third kappa shape index (κ3) is 5.37. The normalized spacial score (nSPS) is 28.9. The average Bonchev–Trinajstić information content (AvgIpc) is 2.69. The van der Waals surface area contributed by atoms with Crippen molar-refractivity contribution in [3.63, 3.8) is 0 Å². The van der Waals surface area contributed by atoms with E-state index < -0.39 is 5.60 Å². The van der Waals surface area contributed by atoms with Gasteiger partial charge in [-0.05, 0) is 55.9 Å². The molecule has 0 bridgehead atoms. The van der Waals surface area contributed by atoms with E-state index in [9.17, 15) is 9.90 Å². The Morgan fingerprint density at radius 1 is 1.32 bits per heavy atom. The van der Waals surface area contributed by atoms with Gasteiger partial charge < -0.3 is 15.3 Å². The van der Waals surface area contributed by atoms with Gasteiger partial charge in [0, 0.05) is 37.6 Å². The molecule has 1 atom stereocenters. The number of hydrogen-bond acceptors (Lipinski definition) is 4. The largest absolute Gasteiger partial charge is 0.389 e. The van der Waals surface area contributed by atoms with Crippen molar-refractivity contribution in [2.45, 2.75) is 75.8 Å². The Hall–Kier alpha value is -0.910. The third-order valence-corrected chi connectivity index (χ3v) is 7.21. The zero-order chi connectivity index (χ0) is 20.1. The van der Waals surface area contributed by atoms with Crippen LogP contribution in [0.4, 0.5) is 0 Å². The van der Waals surface area contributed by atoms with Crippen molar-refractivity contribution >= 4 is 23.7 Å². The molecule has 2 heterocycles. The molecular weight excluding hydrogens is 374 g/mol. The summed E-state index contributed by atoms with van der Waals surface area (Å²) in [5.74, 6) is 0.721. The summed E-state index contributed by atoms with van der Waals surface area (Å²) >= 11 is 6.23. The fraction of sp³-hybridized carbons (Fsp3) is 0.818. The Balaban J connectivity index is 1.52. The van der Waals surface area contributed by atoms with Gasteiger partial charge in [0.15, 0.2) is 0 Å². The maximum atomic E-state index is 13.2. The number of aliphatic imine (C=N–C) groups is 1. The first kappa shape index (κ1) is 21.8. The standard InChI is InChI=1S/C22H36ClN3O2/c1-16(2)20(25-15-17-4-3-11-24-14-17)21(27)26-12-9-22(28,10-13-26)18-5-7-19(23)8-6-18/h4,11,16,18-20,25,28H,3,5-10,12-15H2,1-2H3/t18?,19?,20-/m1/s1. The monoisotopic (exact) mass is 409 g/mol. The number of carbonyl (C=O) groups excluding carboxylic acids is 1. The molecule has 28 heavy (non-hydrogen) atoms. The van der Waals surface area contributed by atoms with Crippen LogP contribution in [-0.4, -0.2) is 65.3 Å². The highest BCUT2D eigenvalue weighted by Crippen LogP contribution is 2.40. The van der Waals surface area contributed by atoms with E-state index in [1.54, 1.807) is 0 Å². The van der Waals surface area contributed by atoms with Gasteiger partial charge in [0.1, 0.15) is 0 Å². The molecule has 5 nitrogen and oxygen atoms in total. The van der Waals surface area contributed by atoms with Gasteiger partial charge in [-0.25, -0.2) is 0 Å². The minimum Gasteiger partial charge on any atom is -0.389 e. The minimum absolute atomic E-state index is 0.168. The van der Waals surface area contributed by atoms with Crippen LogP contribution in [0.25, 0.3) is 0 Å². The molecule has 2 N–H and O–H groups in total. The maximum absolute atomic E-state index is 13.2. The Morgan fingerprint density at radius 3 is 2.57 bits per heavy atom. The highest BCUT2D eigenvalue weighted by atomic mass is 35.5. The number of piperidine rings is 1. The molecule has 0 spiro atoms. The maximum Gasteiger partial charge on any atom is 0.239 e. The van der Waals surface area contributed by atoms with E-state index in [0.717, 1.165) is 38.6 Å². The number of amides is 1. The van der Waals surface area contributed by atoms with Gasteiger partial charge in [0.05, 0.1) is 18.2 Å². The number of nitrogens with one attached hydrogen (secondary N) is 1. The Kier molecular flexibility index (Phi) is 7.57. The van der Waals surface area contributed by atoms with Crippen LogP contribution in [0.5, 0.6) is 0 Å². The number of dihydropyridines is 1. The van der Waals surface area contributed by atoms with Gasteiger partial charge in [-0.15, -0.1) is 11.6 Å². The van der Waals surface area contributed by atoms with E-state index in [4.69, 9.17) is 11.6 Å². The lowest BCUT2D eigenvalue weighted by atomic mass is 9.72. The van der Waals surface area contributed by atoms with Crippen LogP contribution >= 0.6 is 11.6 Å². The van der Waals surface area contributed by atoms with Gasteiger partial charge in [0.25, 0.3) is 0 Å². The lowest BCUT2D eigenvalue weighted by Crippen LogP contribution is -2.56. The molecule has 0 unspecified atom stereocenters. The SMILES string of the molecule is CC(C)[C@@H](NCC1=CCC=NC1)C(=O)N1CCC(O)(C2CCC(Cl)CC2)CC1. The summed E-state index contributed by atoms with van der Waals surface area (Å²) in [4.78, 5) is 19.4. The van der Waals surface area contributed by atoms with Crippen LogP contribution < -0.4 is 5.32 Å². The van der Waals surface area contributed by atoms with Gasteiger partial charge in [-0.3, -0.25) is 9.79 Å².